The zero-order valence-electron chi connectivity index (χ0n) is 8.62. The highest BCUT2D eigenvalue weighted by molar-refractivity contribution is 5.61. The van der Waals surface area contributed by atoms with Gasteiger partial charge in [-0.05, 0) is 6.07 Å². The molecular formula is C10H10N2O4. The largest absolute Gasteiger partial charge is 0.276 e. The summed E-state index contributed by atoms with van der Waals surface area (Å²) in [4.78, 5) is 20.2. The average Bonchev–Trinajstić information content (AvgIpc) is 2.25. The van der Waals surface area contributed by atoms with Crippen LogP contribution >= 0.6 is 0 Å². The number of para-hydroxylation sites is 1. The van der Waals surface area contributed by atoms with Crippen molar-refractivity contribution >= 4 is 11.8 Å². The first-order valence-electron chi connectivity index (χ1n) is 4.64. The number of hydrogen-bond acceptors (Lipinski definition) is 4. The molecule has 0 heterocycles. The number of nitrogens with zero attached hydrogens (tertiary/aromatic N) is 2. The Hall–Kier alpha value is -2.24. The highest BCUT2D eigenvalue weighted by atomic mass is 16.6. The molecule has 0 saturated heterocycles. The Morgan fingerprint density at radius 1 is 1.31 bits per heavy atom. The van der Waals surface area contributed by atoms with Crippen LogP contribution in [0.1, 0.15) is 18.9 Å². The van der Waals surface area contributed by atoms with Gasteiger partial charge < -0.3 is 0 Å². The Kier molecular flexibility index (Phi) is 3.71. The number of benzene rings is 1. The smallest absolute Gasteiger partial charge is 0.259 e. The van der Waals surface area contributed by atoms with Crippen molar-refractivity contribution in [1.82, 2.24) is 0 Å². The summed E-state index contributed by atoms with van der Waals surface area (Å²) in [6, 6.07) is 5.93. The Morgan fingerprint density at radius 3 is 2.44 bits per heavy atom. The van der Waals surface area contributed by atoms with Gasteiger partial charge in [0.25, 0.3) is 5.69 Å². The van der Waals surface area contributed by atoms with Crippen LogP contribution in [0.5, 0.6) is 0 Å². The number of nitro benzene ring substituents is 1. The number of nitro groups is 2. The van der Waals surface area contributed by atoms with E-state index in [4.69, 9.17) is 0 Å². The third kappa shape index (κ3) is 2.63. The standard InChI is InChI=1S/C10H10N2O4/c1-2-9(11(13)14)7-8-5-3-4-6-10(8)12(15)16/h3-7H,2H2,1H3. The Bertz CT molecular complexity index is 454. The van der Waals surface area contributed by atoms with Crippen molar-refractivity contribution < 1.29 is 9.85 Å². The molecule has 0 unspecified atom stereocenters. The Balaban J connectivity index is 3.23. The minimum Gasteiger partial charge on any atom is -0.259 e. The van der Waals surface area contributed by atoms with Crippen molar-refractivity contribution in [3.05, 3.63) is 55.8 Å². The maximum Gasteiger partial charge on any atom is 0.276 e. The summed E-state index contributed by atoms with van der Waals surface area (Å²) >= 11 is 0. The second-order valence-electron chi connectivity index (χ2n) is 3.06. The van der Waals surface area contributed by atoms with Crippen molar-refractivity contribution in [3.8, 4) is 0 Å². The van der Waals surface area contributed by atoms with Crippen LogP contribution in [0.4, 0.5) is 5.69 Å². The van der Waals surface area contributed by atoms with Gasteiger partial charge >= 0.3 is 0 Å². The van der Waals surface area contributed by atoms with Gasteiger partial charge in [-0.1, -0.05) is 19.1 Å². The molecule has 0 aliphatic rings. The Morgan fingerprint density at radius 2 is 1.94 bits per heavy atom. The van der Waals surface area contributed by atoms with Crippen LogP contribution in [-0.2, 0) is 0 Å². The van der Waals surface area contributed by atoms with Gasteiger partial charge in [0.1, 0.15) is 0 Å². The molecule has 6 nitrogen and oxygen atoms in total. The van der Waals surface area contributed by atoms with Crippen LogP contribution in [0.25, 0.3) is 6.08 Å². The predicted molar refractivity (Wildman–Crippen MR) is 58.4 cm³/mol. The first kappa shape index (κ1) is 11.8. The second-order valence-corrected chi connectivity index (χ2v) is 3.06. The van der Waals surface area contributed by atoms with Crippen molar-refractivity contribution in [3.63, 3.8) is 0 Å². The predicted octanol–water partition coefficient (Wildman–Crippen LogP) is 2.62. The monoisotopic (exact) mass is 222 g/mol. The van der Waals surface area contributed by atoms with Gasteiger partial charge in [-0.25, -0.2) is 0 Å². The minimum absolute atomic E-state index is 0.0469. The Labute approximate surface area is 91.5 Å². The van der Waals surface area contributed by atoms with Gasteiger partial charge in [-0.3, -0.25) is 20.2 Å². The van der Waals surface area contributed by atoms with Crippen molar-refractivity contribution in [1.29, 1.82) is 0 Å². The van der Waals surface area contributed by atoms with E-state index in [0.717, 1.165) is 0 Å². The van der Waals surface area contributed by atoms with Gasteiger partial charge in [0.2, 0.25) is 5.70 Å². The van der Waals surface area contributed by atoms with Crippen molar-refractivity contribution in [2.75, 3.05) is 0 Å². The second kappa shape index (κ2) is 5.01. The molecule has 0 N–H and O–H groups in total. The van der Waals surface area contributed by atoms with Crippen LogP contribution < -0.4 is 0 Å². The molecule has 0 radical (unpaired) electrons. The molecule has 84 valence electrons. The molecule has 0 aromatic heterocycles. The number of hydrogen-bond donors (Lipinski definition) is 0. The van der Waals surface area contributed by atoms with E-state index >= 15 is 0 Å². The van der Waals surface area contributed by atoms with Gasteiger partial charge in [0.05, 0.1) is 15.4 Å². The normalized spacial score (nSPS) is 11.2. The molecular weight excluding hydrogens is 212 g/mol. The molecule has 0 bridgehead atoms. The summed E-state index contributed by atoms with van der Waals surface area (Å²) in [5.74, 6) is 0. The molecule has 0 atom stereocenters. The lowest BCUT2D eigenvalue weighted by molar-refractivity contribution is -0.425. The van der Waals surface area contributed by atoms with Gasteiger partial charge in [0.15, 0.2) is 0 Å². The van der Waals surface area contributed by atoms with E-state index in [9.17, 15) is 20.2 Å². The minimum atomic E-state index is -0.556. The number of allylic oxidation sites excluding steroid dienone is 1. The van der Waals surface area contributed by atoms with Crippen LogP contribution in [0.3, 0.4) is 0 Å². The fraction of sp³-hybridized carbons (Fsp3) is 0.200. The van der Waals surface area contributed by atoms with Gasteiger partial charge in [-0.15, -0.1) is 0 Å². The van der Waals surface area contributed by atoms with Crippen molar-refractivity contribution in [2.24, 2.45) is 0 Å². The van der Waals surface area contributed by atoms with Crippen molar-refractivity contribution in [2.45, 2.75) is 13.3 Å². The lowest BCUT2D eigenvalue weighted by Gasteiger charge is -1.97. The summed E-state index contributed by atoms with van der Waals surface area (Å²) < 4.78 is 0. The summed E-state index contributed by atoms with van der Waals surface area (Å²) in [5.41, 5.74) is 0.0747. The summed E-state index contributed by atoms with van der Waals surface area (Å²) in [7, 11) is 0. The quantitative estimate of drug-likeness (QED) is 0.578. The maximum atomic E-state index is 10.7. The molecule has 0 fully saturated rings. The summed E-state index contributed by atoms with van der Waals surface area (Å²) in [6.45, 7) is 1.63. The molecule has 16 heavy (non-hydrogen) atoms. The third-order valence-electron chi connectivity index (χ3n) is 2.05. The highest BCUT2D eigenvalue weighted by Gasteiger charge is 2.14. The van der Waals surface area contributed by atoms with Gasteiger partial charge in [-0.2, -0.15) is 0 Å². The van der Waals surface area contributed by atoms with E-state index < -0.39 is 9.85 Å². The zero-order chi connectivity index (χ0) is 12.1. The average molecular weight is 222 g/mol. The van der Waals surface area contributed by atoms with Crippen LogP contribution in [0, 0.1) is 20.2 Å². The van der Waals surface area contributed by atoms with Crippen LogP contribution in [-0.4, -0.2) is 9.85 Å². The van der Waals surface area contributed by atoms with E-state index in [0.29, 0.717) is 0 Å². The lowest BCUT2D eigenvalue weighted by Crippen LogP contribution is -1.98. The third-order valence-corrected chi connectivity index (χ3v) is 2.05. The fourth-order valence-electron chi connectivity index (χ4n) is 1.24. The van der Waals surface area contributed by atoms with E-state index in [2.05, 4.69) is 0 Å². The van der Waals surface area contributed by atoms with E-state index in [-0.39, 0.29) is 23.4 Å². The maximum absolute atomic E-state index is 10.7. The van der Waals surface area contributed by atoms with Gasteiger partial charge in [0, 0.05) is 18.6 Å². The number of rotatable bonds is 4. The molecule has 6 heteroatoms. The molecule has 1 aromatic rings. The molecule has 0 aliphatic heterocycles. The SMILES string of the molecule is CCC(=Cc1ccccc1[N+](=O)[O-])[N+](=O)[O-]. The summed E-state index contributed by atoms with van der Waals surface area (Å²) in [6.07, 6.45) is 1.46. The van der Waals surface area contributed by atoms with E-state index in [1.807, 2.05) is 0 Å². The van der Waals surface area contributed by atoms with E-state index in [1.165, 1.54) is 24.3 Å². The first-order valence-corrected chi connectivity index (χ1v) is 4.64. The van der Waals surface area contributed by atoms with Crippen LogP contribution in [0.15, 0.2) is 30.0 Å². The topological polar surface area (TPSA) is 86.3 Å². The molecule has 1 aromatic carbocycles. The molecule has 1 rings (SSSR count). The van der Waals surface area contributed by atoms with E-state index in [1.54, 1.807) is 13.0 Å². The highest BCUT2D eigenvalue weighted by Crippen LogP contribution is 2.21. The van der Waals surface area contributed by atoms with Crippen LogP contribution in [0.2, 0.25) is 0 Å². The fourth-order valence-corrected chi connectivity index (χ4v) is 1.24. The zero-order valence-corrected chi connectivity index (χ0v) is 8.62. The molecule has 0 saturated carbocycles. The first-order chi connectivity index (χ1) is 7.56. The molecule has 0 amide bonds. The summed E-state index contributed by atoms with van der Waals surface area (Å²) in [5, 5.41) is 21.3. The molecule has 0 aliphatic carbocycles. The lowest BCUT2D eigenvalue weighted by atomic mass is 10.1. The molecule has 0 spiro atoms.